The van der Waals surface area contributed by atoms with E-state index in [4.69, 9.17) is 0 Å². The number of carbonyl (C=O) groups excluding carboxylic acids is 1. The number of aryl methyl sites for hydroxylation is 2. The van der Waals surface area contributed by atoms with Crippen molar-refractivity contribution in [2.75, 3.05) is 18.4 Å². The van der Waals surface area contributed by atoms with Crippen LogP contribution in [-0.2, 0) is 13.2 Å². The fraction of sp³-hybridized carbons (Fsp3) is 0.381. The monoisotopic (exact) mass is 462 g/mol. The lowest BCUT2D eigenvalue weighted by molar-refractivity contribution is -0.384. The highest BCUT2D eigenvalue weighted by molar-refractivity contribution is 6.06. The second-order valence-corrected chi connectivity index (χ2v) is 7.95. The maximum Gasteiger partial charge on any atom is 0.416 e. The molecule has 0 spiro atoms. The zero-order valence-corrected chi connectivity index (χ0v) is 17.9. The predicted octanol–water partition coefficient (Wildman–Crippen LogP) is 3.92. The molecule has 4 rings (SSSR count). The van der Waals surface area contributed by atoms with Gasteiger partial charge in [0.15, 0.2) is 5.65 Å². The number of anilines is 1. The van der Waals surface area contributed by atoms with Gasteiger partial charge in [-0.15, -0.1) is 0 Å². The number of hydrogen-bond acceptors (Lipinski definition) is 6. The van der Waals surface area contributed by atoms with Gasteiger partial charge >= 0.3 is 6.18 Å². The van der Waals surface area contributed by atoms with E-state index in [2.05, 4.69) is 20.7 Å². The quantitative estimate of drug-likeness (QED) is 0.312. The predicted molar refractivity (Wildman–Crippen MR) is 114 cm³/mol. The van der Waals surface area contributed by atoms with Crippen molar-refractivity contribution in [3.8, 4) is 0 Å². The van der Waals surface area contributed by atoms with Crippen LogP contribution in [0, 0.1) is 17.0 Å². The van der Waals surface area contributed by atoms with Gasteiger partial charge in [-0.25, -0.2) is 4.98 Å². The van der Waals surface area contributed by atoms with Crippen molar-refractivity contribution < 1.29 is 22.9 Å². The Morgan fingerprint density at radius 2 is 2.00 bits per heavy atom. The van der Waals surface area contributed by atoms with E-state index in [0.717, 1.165) is 30.7 Å². The van der Waals surface area contributed by atoms with Gasteiger partial charge in [0, 0.05) is 37.8 Å². The molecule has 0 bridgehead atoms. The highest BCUT2D eigenvalue weighted by atomic mass is 19.4. The summed E-state index contributed by atoms with van der Waals surface area (Å²) < 4.78 is 40.2. The number of hydrogen-bond donors (Lipinski definition) is 2. The van der Waals surface area contributed by atoms with Gasteiger partial charge in [0.05, 0.1) is 27.1 Å². The number of nitro benzene ring substituents is 1. The van der Waals surface area contributed by atoms with Crippen LogP contribution in [0.3, 0.4) is 0 Å². The minimum absolute atomic E-state index is 0.0623. The normalized spacial score (nSPS) is 13.8. The molecular formula is C21H21F3N6O3. The fourth-order valence-corrected chi connectivity index (χ4v) is 3.71. The van der Waals surface area contributed by atoms with Crippen molar-refractivity contribution in [2.45, 2.75) is 31.9 Å². The second kappa shape index (κ2) is 8.34. The summed E-state index contributed by atoms with van der Waals surface area (Å²) in [6.07, 6.45) is -2.64. The number of pyridine rings is 1. The van der Waals surface area contributed by atoms with Crippen LogP contribution in [0.5, 0.6) is 0 Å². The molecule has 2 aromatic heterocycles. The molecule has 2 heterocycles. The molecule has 0 unspecified atom stereocenters. The number of carbonyl (C=O) groups is 1. The SMILES string of the molecule is Cc1nn(C)c2nc(C3CC3)cc(C(=O)NCCNc3ccc(C(F)(F)F)cc3[N+](=O)[O-])c12. The molecule has 3 aromatic rings. The van der Waals surface area contributed by atoms with Crippen LogP contribution in [0.2, 0.25) is 0 Å². The molecule has 1 saturated carbocycles. The molecular weight excluding hydrogens is 441 g/mol. The second-order valence-electron chi connectivity index (χ2n) is 7.95. The summed E-state index contributed by atoms with van der Waals surface area (Å²) in [7, 11) is 1.77. The Balaban J connectivity index is 1.47. The summed E-state index contributed by atoms with van der Waals surface area (Å²) in [4.78, 5) is 27.9. The molecule has 1 amide bonds. The van der Waals surface area contributed by atoms with Crippen molar-refractivity contribution in [3.05, 3.63) is 56.9 Å². The standard InChI is InChI=1S/C21H21F3N6O3/c1-11-18-14(10-16(12-3-4-12)27-19(18)29(2)28-11)20(31)26-8-7-25-15-6-5-13(21(22,23)24)9-17(15)30(32)33/h5-6,9-10,12,25H,3-4,7-8H2,1-2H3,(H,26,31). The van der Waals surface area contributed by atoms with E-state index in [1.807, 2.05) is 0 Å². The lowest BCUT2D eigenvalue weighted by Crippen LogP contribution is -2.29. The van der Waals surface area contributed by atoms with E-state index in [1.165, 1.54) is 0 Å². The topological polar surface area (TPSA) is 115 Å². The van der Waals surface area contributed by atoms with Crippen molar-refractivity contribution in [1.29, 1.82) is 0 Å². The Morgan fingerprint density at radius 1 is 1.27 bits per heavy atom. The molecule has 0 radical (unpaired) electrons. The number of amides is 1. The number of aromatic nitrogens is 3. The molecule has 12 heteroatoms. The fourth-order valence-electron chi connectivity index (χ4n) is 3.71. The number of alkyl halides is 3. The minimum Gasteiger partial charge on any atom is -0.378 e. The Kier molecular flexibility index (Phi) is 5.68. The molecule has 0 saturated heterocycles. The van der Waals surface area contributed by atoms with Gasteiger partial charge in [-0.1, -0.05) is 0 Å². The van der Waals surface area contributed by atoms with Crippen LogP contribution in [0.25, 0.3) is 11.0 Å². The molecule has 2 N–H and O–H groups in total. The third-order valence-corrected chi connectivity index (χ3v) is 5.48. The Hall–Kier alpha value is -3.70. The number of benzene rings is 1. The van der Waals surface area contributed by atoms with Gasteiger partial charge in [0.25, 0.3) is 11.6 Å². The lowest BCUT2D eigenvalue weighted by atomic mass is 10.1. The maximum atomic E-state index is 12.9. The molecule has 1 aromatic carbocycles. The van der Waals surface area contributed by atoms with Crippen LogP contribution in [0.4, 0.5) is 24.5 Å². The Morgan fingerprint density at radius 3 is 2.64 bits per heavy atom. The molecule has 0 atom stereocenters. The first-order valence-corrected chi connectivity index (χ1v) is 10.3. The number of halogens is 3. The van der Waals surface area contributed by atoms with Gasteiger partial charge in [-0.3, -0.25) is 19.6 Å². The molecule has 1 fully saturated rings. The number of fused-ring (bicyclic) bond motifs is 1. The van der Waals surface area contributed by atoms with Crippen molar-refractivity contribution in [1.82, 2.24) is 20.1 Å². The summed E-state index contributed by atoms with van der Waals surface area (Å²) in [6.45, 7) is 1.97. The van der Waals surface area contributed by atoms with E-state index in [9.17, 15) is 28.1 Å². The van der Waals surface area contributed by atoms with E-state index in [1.54, 1.807) is 24.7 Å². The number of nitrogens with one attached hydrogen (secondary N) is 2. The Labute approximate surface area is 186 Å². The molecule has 1 aliphatic carbocycles. The van der Waals surface area contributed by atoms with Crippen LogP contribution >= 0.6 is 0 Å². The summed E-state index contributed by atoms with van der Waals surface area (Å²) in [6, 6.07) is 4.04. The zero-order chi connectivity index (χ0) is 23.9. The van der Waals surface area contributed by atoms with Gasteiger partial charge in [0.1, 0.15) is 5.69 Å². The number of rotatable bonds is 7. The number of nitro groups is 1. The molecule has 1 aliphatic rings. The van der Waals surface area contributed by atoms with Crippen LogP contribution < -0.4 is 10.6 Å². The number of nitrogens with zero attached hydrogens (tertiary/aromatic N) is 4. The first kappa shape index (κ1) is 22.5. The average Bonchev–Trinajstić information content (AvgIpc) is 3.56. The highest BCUT2D eigenvalue weighted by Crippen LogP contribution is 2.40. The smallest absolute Gasteiger partial charge is 0.378 e. The highest BCUT2D eigenvalue weighted by Gasteiger charge is 2.33. The van der Waals surface area contributed by atoms with E-state index in [0.29, 0.717) is 34.3 Å². The van der Waals surface area contributed by atoms with Crippen molar-refractivity contribution in [3.63, 3.8) is 0 Å². The van der Waals surface area contributed by atoms with Gasteiger partial charge in [0.2, 0.25) is 0 Å². The van der Waals surface area contributed by atoms with Gasteiger partial charge in [-0.2, -0.15) is 18.3 Å². The average molecular weight is 462 g/mol. The van der Waals surface area contributed by atoms with Crippen molar-refractivity contribution in [2.24, 2.45) is 7.05 Å². The van der Waals surface area contributed by atoms with Gasteiger partial charge < -0.3 is 10.6 Å². The third kappa shape index (κ3) is 4.59. The first-order valence-electron chi connectivity index (χ1n) is 10.3. The minimum atomic E-state index is -4.68. The van der Waals surface area contributed by atoms with E-state index >= 15 is 0 Å². The van der Waals surface area contributed by atoms with Crippen LogP contribution in [0.1, 0.15) is 46.1 Å². The molecule has 33 heavy (non-hydrogen) atoms. The summed E-state index contributed by atoms with van der Waals surface area (Å²) >= 11 is 0. The summed E-state index contributed by atoms with van der Waals surface area (Å²) in [5.74, 6) is -0.0119. The largest absolute Gasteiger partial charge is 0.416 e. The summed E-state index contributed by atoms with van der Waals surface area (Å²) in [5, 5.41) is 21.7. The molecule has 174 valence electrons. The first-order chi connectivity index (χ1) is 15.6. The molecule has 0 aliphatic heterocycles. The Bertz CT molecular complexity index is 1250. The van der Waals surface area contributed by atoms with Crippen LogP contribution in [0.15, 0.2) is 24.3 Å². The van der Waals surface area contributed by atoms with Crippen LogP contribution in [-0.4, -0.2) is 38.7 Å². The summed E-state index contributed by atoms with van der Waals surface area (Å²) in [5.41, 5.74) is 0.738. The maximum absolute atomic E-state index is 12.9. The van der Waals surface area contributed by atoms with Crippen molar-refractivity contribution >= 4 is 28.3 Å². The third-order valence-electron chi connectivity index (χ3n) is 5.48. The van der Waals surface area contributed by atoms with E-state index in [-0.39, 0.29) is 24.7 Å². The molecule has 9 nitrogen and oxygen atoms in total. The lowest BCUT2D eigenvalue weighted by Gasteiger charge is -2.12. The van der Waals surface area contributed by atoms with E-state index < -0.39 is 22.4 Å². The van der Waals surface area contributed by atoms with Gasteiger partial charge in [-0.05, 0) is 38.0 Å². The zero-order valence-electron chi connectivity index (χ0n) is 17.9.